The van der Waals surface area contributed by atoms with Gasteiger partial charge in [0.25, 0.3) is 11.5 Å². The third-order valence-electron chi connectivity index (χ3n) is 4.55. The Kier molecular flexibility index (Phi) is 5.96. The summed E-state index contributed by atoms with van der Waals surface area (Å²) in [4.78, 5) is 30.1. The Morgan fingerprint density at radius 1 is 1.18 bits per heavy atom. The van der Waals surface area contributed by atoms with Crippen LogP contribution in [0.25, 0.3) is 10.6 Å². The Balaban J connectivity index is 1.78. The van der Waals surface area contributed by atoms with E-state index in [-0.39, 0.29) is 11.5 Å². The van der Waals surface area contributed by atoms with Gasteiger partial charge in [0.2, 0.25) is 0 Å². The second-order valence-electron chi connectivity index (χ2n) is 6.58. The monoisotopic (exact) mass is 416 g/mol. The molecule has 0 bridgehead atoms. The number of benzene rings is 1. The summed E-state index contributed by atoms with van der Waals surface area (Å²) in [5.74, 6) is -0.185. The molecule has 2 aromatic heterocycles. The normalized spacial score (nSPS) is 10.9. The fourth-order valence-electron chi connectivity index (χ4n) is 2.87. The van der Waals surface area contributed by atoms with Crippen LogP contribution in [-0.2, 0) is 13.5 Å². The van der Waals surface area contributed by atoms with Gasteiger partial charge in [0, 0.05) is 18.6 Å². The third kappa shape index (κ3) is 4.15. The van der Waals surface area contributed by atoms with E-state index in [0.717, 1.165) is 16.8 Å². The van der Waals surface area contributed by atoms with Crippen LogP contribution in [0.3, 0.4) is 0 Å². The summed E-state index contributed by atoms with van der Waals surface area (Å²) in [7, 11) is 1.61. The van der Waals surface area contributed by atoms with E-state index in [1.807, 2.05) is 38.1 Å². The average Bonchev–Trinajstić information content (AvgIpc) is 3.03. The first-order chi connectivity index (χ1) is 13.3. The molecule has 1 amide bonds. The highest BCUT2D eigenvalue weighted by Gasteiger charge is 2.20. The number of halogens is 1. The van der Waals surface area contributed by atoms with Gasteiger partial charge in [-0.15, -0.1) is 11.3 Å². The smallest absolute Gasteiger partial charge is 0.277 e. The molecule has 28 heavy (non-hydrogen) atoms. The zero-order valence-electron chi connectivity index (χ0n) is 16.2. The highest BCUT2D eigenvalue weighted by Crippen LogP contribution is 2.28. The summed E-state index contributed by atoms with van der Waals surface area (Å²) in [6.07, 6.45) is 0.705. The van der Waals surface area contributed by atoms with Crippen LogP contribution >= 0.6 is 22.9 Å². The lowest BCUT2D eigenvalue weighted by Crippen LogP contribution is -2.25. The maximum atomic E-state index is 12.6. The van der Waals surface area contributed by atoms with Crippen molar-refractivity contribution in [3.63, 3.8) is 0 Å². The molecule has 1 aromatic carbocycles. The van der Waals surface area contributed by atoms with Crippen molar-refractivity contribution in [1.29, 1.82) is 0 Å². The zero-order chi connectivity index (χ0) is 20.4. The standard InChI is InChI=1S/C20H21ClN4O2S/c1-11-12(2)24-25(4)20(27)16(11)19-23-13(3)17(28-19)18(26)22-10-9-14-5-7-15(21)8-6-14/h5-8H,9-10H2,1-4H3,(H,22,26). The Labute approximate surface area is 172 Å². The van der Waals surface area contributed by atoms with Gasteiger partial charge in [0.15, 0.2) is 0 Å². The summed E-state index contributed by atoms with van der Waals surface area (Å²) in [5.41, 5.74) is 3.54. The second kappa shape index (κ2) is 8.24. The van der Waals surface area contributed by atoms with Gasteiger partial charge in [0.05, 0.1) is 17.0 Å². The average molecular weight is 417 g/mol. The SMILES string of the molecule is Cc1nc(-c2c(C)c(C)nn(C)c2=O)sc1C(=O)NCCc1ccc(Cl)cc1. The van der Waals surface area contributed by atoms with Crippen molar-refractivity contribution in [2.45, 2.75) is 27.2 Å². The van der Waals surface area contributed by atoms with Crippen LogP contribution in [0.15, 0.2) is 29.1 Å². The van der Waals surface area contributed by atoms with E-state index in [1.54, 1.807) is 14.0 Å². The first-order valence-corrected chi connectivity index (χ1v) is 10.0. The molecular formula is C20H21ClN4O2S. The highest BCUT2D eigenvalue weighted by molar-refractivity contribution is 7.17. The number of carbonyl (C=O) groups excluding carboxylic acids is 1. The Hall–Kier alpha value is -2.51. The van der Waals surface area contributed by atoms with E-state index in [9.17, 15) is 9.59 Å². The lowest BCUT2D eigenvalue weighted by Gasteiger charge is -2.07. The van der Waals surface area contributed by atoms with Crippen molar-refractivity contribution in [2.75, 3.05) is 6.54 Å². The van der Waals surface area contributed by atoms with E-state index in [1.165, 1.54) is 16.0 Å². The molecule has 0 unspecified atom stereocenters. The van der Waals surface area contributed by atoms with Gasteiger partial charge >= 0.3 is 0 Å². The summed E-state index contributed by atoms with van der Waals surface area (Å²) in [5, 5.41) is 8.35. The van der Waals surface area contributed by atoms with E-state index in [0.29, 0.717) is 39.1 Å². The number of aromatic nitrogens is 3. The molecule has 1 N–H and O–H groups in total. The minimum absolute atomic E-state index is 0.185. The lowest BCUT2D eigenvalue weighted by molar-refractivity contribution is 0.0957. The van der Waals surface area contributed by atoms with Crippen LogP contribution in [0.2, 0.25) is 5.02 Å². The molecule has 6 nitrogen and oxygen atoms in total. The quantitative estimate of drug-likeness (QED) is 0.691. The number of hydrogen-bond donors (Lipinski definition) is 1. The Bertz CT molecular complexity index is 1090. The van der Waals surface area contributed by atoms with Crippen LogP contribution < -0.4 is 10.9 Å². The van der Waals surface area contributed by atoms with Crippen molar-refractivity contribution < 1.29 is 4.79 Å². The maximum absolute atomic E-state index is 12.6. The summed E-state index contributed by atoms with van der Waals surface area (Å²) in [6.45, 7) is 5.98. The van der Waals surface area contributed by atoms with Gasteiger partial charge in [-0.2, -0.15) is 5.10 Å². The number of nitrogens with zero attached hydrogens (tertiary/aromatic N) is 3. The fourth-order valence-corrected chi connectivity index (χ4v) is 4.07. The van der Waals surface area contributed by atoms with Crippen molar-refractivity contribution in [3.05, 3.63) is 67.0 Å². The van der Waals surface area contributed by atoms with Crippen molar-refractivity contribution in [3.8, 4) is 10.6 Å². The van der Waals surface area contributed by atoms with Crippen LogP contribution in [0, 0.1) is 20.8 Å². The van der Waals surface area contributed by atoms with Crippen molar-refractivity contribution in [2.24, 2.45) is 7.05 Å². The summed E-state index contributed by atoms with van der Waals surface area (Å²) in [6, 6.07) is 7.54. The molecule has 146 valence electrons. The lowest BCUT2D eigenvalue weighted by atomic mass is 10.1. The highest BCUT2D eigenvalue weighted by atomic mass is 35.5. The number of amides is 1. The first kappa shape index (κ1) is 20.2. The van der Waals surface area contributed by atoms with Crippen LogP contribution in [0.1, 0.15) is 32.2 Å². The second-order valence-corrected chi connectivity index (χ2v) is 8.02. The molecule has 8 heteroatoms. The fraction of sp³-hybridized carbons (Fsp3) is 0.300. The van der Waals surface area contributed by atoms with Crippen molar-refractivity contribution >= 4 is 28.8 Å². The molecule has 3 rings (SSSR count). The molecule has 0 saturated heterocycles. The molecule has 0 aliphatic carbocycles. The molecule has 0 fully saturated rings. The molecule has 2 heterocycles. The number of carbonyl (C=O) groups is 1. The maximum Gasteiger partial charge on any atom is 0.277 e. The predicted octanol–water partition coefficient (Wildman–Crippen LogP) is 3.45. The number of hydrogen-bond acceptors (Lipinski definition) is 5. The number of thiazole rings is 1. The Morgan fingerprint density at radius 2 is 1.86 bits per heavy atom. The van der Waals surface area contributed by atoms with Gasteiger partial charge in [-0.3, -0.25) is 9.59 Å². The van der Waals surface area contributed by atoms with Gasteiger partial charge in [-0.1, -0.05) is 23.7 Å². The molecule has 0 aliphatic rings. The molecule has 0 aliphatic heterocycles. The Morgan fingerprint density at radius 3 is 2.54 bits per heavy atom. The third-order valence-corrected chi connectivity index (χ3v) is 5.98. The largest absolute Gasteiger partial charge is 0.351 e. The minimum atomic E-state index is -0.216. The van der Waals surface area contributed by atoms with Crippen LogP contribution in [-0.4, -0.2) is 27.2 Å². The van der Waals surface area contributed by atoms with E-state index < -0.39 is 0 Å². The molecular weight excluding hydrogens is 396 g/mol. The first-order valence-electron chi connectivity index (χ1n) is 8.83. The van der Waals surface area contributed by atoms with E-state index >= 15 is 0 Å². The van der Waals surface area contributed by atoms with Gasteiger partial charge in [-0.05, 0) is 50.5 Å². The topological polar surface area (TPSA) is 76.9 Å². The minimum Gasteiger partial charge on any atom is -0.351 e. The van der Waals surface area contributed by atoms with Gasteiger partial charge in [0.1, 0.15) is 9.88 Å². The van der Waals surface area contributed by atoms with E-state index in [2.05, 4.69) is 15.4 Å². The van der Waals surface area contributed by atoms with Crippen LogP contribution in [0.4, 0.5) is 0 Å². The molecule has 0 atom stereocenters. The number of nitrogens with one attached hydrogen (secondary N) is 1. The molecule has 3 aromatic rings. The van der Waals surface area contributed by atoms with Crippen molar-refractivity contribution in [1.82, 2.24) is 20.1 Å². The van der Waals surface area contributed by atoms with E-state index in [4.69, 9.17) is 11.6 Å². The predicted molar refractivity (Wildman–Crippen MR) is 112 cm³/mol. The molecule has 0 radical (unpaired) electrons. The van der Waals surface area contributed by atoms with Gasteiger partial charge < -0.3 is 5.32 Å². The van der Waals surface area contributed by atoms with Crippen LogP contribution in [0.5, 0.6) is 0 Å². The van der Waals surface area contributed by atoms with Gasteiger partial charge in [-0.25, -0.2) is 9.67 Å². The number of aryl methyl sites for hydroxylation is 3. The summed E-state index contributed by atoms with van der Waals surface area (Å²) >= 11 is 7.12. The number of rotatable bonds is 5. The zero-order valence-corrected chi connectivity index (χ0v) is 17.7. The molecule has 0 spiro atoms. The molecule has 0 saturated carbocycles. The summed E-state index contributed by atoms with van der Waals surface area (Å²) < 4.78 is 1.31.